The van der Waals surface area contributed by atoms with E-state index in [4.69, 9.17) is 0 Å². The number of rotatable bonds is 4. The fourth-order valence-corrected chi connectivity index (χ4v) is 2.34. The molecule has 0 radical (unpaired) electrons. The Bertz CT molecular complexity index is 334. The van der Waals surface area contributed by atoms with Gasteiger partial charge in [-0.1, -0.05) is 42.0 Å². The predicted octanol–water partition coefficient (Wildman–Crippen LogP) is 3.27. The molecule has 1 aliphatic rings. The highest BCUT2D eigenvalue weighted by molar-refractivity contribution is 5.22. The van der Waals surface area contributed by atoms with Crippen LogP contribution in [0, 0.1) is 0 Å². The fourth-order valence-electron chi connectivity index (χ4n) is 2.34. The van der Waals surface area contributed by atoms with Gasteiger partial charge >= 0.3 is 0 Å². The van der Waals surface area contributed by atoms with Crippen LogP contribution in [0.15, 0.2) is 42.0 Å². The molecular formula is C15H21N. The van der Waals surface area contributed by atoms with E-state index in [2.05, 4.69) is 48.2 Å². The third-order valence-electron chi connectivity index (χ3n) is 3.31. The Hall–Kier alpha value is -1.08. The molecule has 0 atom stereocenters. The summed E-state index contributed by atoms with van der Waals surface area (Å²) < 4.78 is 0. The molecule has 2 rings (SSSR count). The van der Waals surface area contributed by atoms with Crippen LogP contribution in [0.1, 0.15) is 25.3 Å². The van der Waals surface area contributed by atoms with Crippen molar-refractivity contribution in [1.82, 2.24) is 4.90 Å². The third kappa shape index (κ3) is 3.21. The molecule has 0 amide bonds. The molecule has 0 N–H and O–H groups in total. The van der Waals surface area contributed by atoms with Gasteiger partial charge in [0, 0.05) is 6.54 Å². The Morgan fingerprint density at radius 1 is 1.19 bits per heavy atom. The maximum Gasteiger partial charge on any atom is 0.0196 e. The van der Waals surface area contributed by atoms with Crippen molar-refractivity contribution in [3.05, 3.63) is 47.5 Å². The van der Waals surface area contributed by atoms with Gasteiger partial charge in [-0.15, -0.1) is 0 Å². The van der Waals surface area contributed by atoms with Gasteiger partial charge in [-0.2, -0.15) is 0 Å². The summed E-state index contributed by atoms with van der Waals surface area (Å²) in [6.45, 7) is 5.89. The van der Waals surface area contributed by atoms with Crippen molar-refractivity contribution in [2.75, 3.05) is 19.6 Å². The van der Waals surface area contributed by atoms with Gasteiger partial charge in [-0.25, -0.2) is 0 Å². The van der Waals surface area contributed by atoms with Crippen molar-refractivity contribution < 1.29 is 0 Å². The zero-order valence-electron chi connectivity index (χ0n) is 10.2. The standard InChI is InChI=1S/C15H21N/c1-2-14(13-16-10-6-7-11-16)12-15-8-4-3-5-9-15/h2-5,8-9H,6-7,10-13H2,1H3/b14-2-. The molecule has 1 heterocycles. The summed E-state index contributed by atoms with van der Waals surface area (Å²) in [6.07, 6.45) is 6.14. The molecule has 1 aromatic carbocycles. The molecule has 16 heavy (non-hydrogen) atoms. The van der Waals surface area contributed by atoms with Gasteiger partial charge in [0.2, 0.25) is 0 Å². The lowest BCUT2D eigenvalue weighted by Gasteiger charge is -2.17. The summed E-state index contributed by atoms with van der Waals surface area (Å²) >= 11 is 0. The number of hydrogen-bond donors (Lipinski definition) is 0. The summed E-state index contributed by atoms with van der Waals surface area (Å²) in [5.74, 6) is 0. The van der Waals surface area contributed by atoms with Gasteiger partial charge in [0.25, 0.3) is 0 Å². The lowest BCUT2D eigenvalue weighted by molar-refractivity contribution is 0.366. The minimum absolute atomic E-state index is 1.10. The molecule has 1 fully saturated rings. The zero-order valence-corrected chi connectivity index (χ0v) is 10.2. The number of allylic oxidation sites excluding steroid dienone is 1. The van der Waals surface area contributed by atoms with Crippen LogP contribution in [-0.2, 0) is 6.42 Å². The van der Waals surface area contributed by atoms with Crippen LogP contribution in [0.5, 0.6) is 0 Å². The first-order chi connectivity index (χ1) is 7.88. The molecule has 86 valence electrons. The Labute approximate surface area is 98.8 Å². The SMILES string of the molecule is C/C=C(/Cc1ccccc1)CN1CCCC1. The maximum atomic E-state index is 2.57. The summed E-state index contributed by atoms with van der Waals surface area (Å²) in [5.41, 5.74) is 2.97. The lowest BCUT2D eigenvalue weighted by atomic mass is 10.0. The van der Waals surface area contributed by atoms with E-state index in [-0.39, 0.29) is 0 Å². The second-order valence-corrected chi connectivity index (χ2v) is 4.59. The molecule has 0 bridgehead atoms. The highest BCUT2D eigenvalue weighted by atomic mass is 15.1. The van der Waals surface area contributed by atoms with Gasteiger partial charge in [-0.05, 0) is 44.8 Å². The van der Waals surface area contributed by atoms with Gasteiger partial charge in [0.15, 0.2) is 0 Å². The predicted molar refractivity (Wildman–Crippen MR) is 69.6 cm³/mol. The van der Waals surface area contributed by atoms with Gasteiger partial charge < -0.3 is 0 Å². The number of likely N-dealkylation sites (tertiary alicyclic amines) is 1. The molecule has 1 saturated heterocycles. The van der Waals surface area contributed by atoms with Crippen LogP contribution in [0.3, 0.4) is 0 Å². The number of nitrogens with zero attached hydrogens (tertiary/aromatic N) is 1. The smallest absolute Gasteiger partial charge is 0.0196 e. The minimum atomic E-state index is 1.10. The second-order valence-electron chi connectivity index (χ2n) is 4.59. The Morgan fingerprint density at radius 3 is 2.50 bits per heavy atom. The van der Waals surface area contributed by atoms with E-state index in [0.717, 1.165) is 13.0 Å². The molecule has 0 aromatic heterocycles. The first kappa shape index (κ1) is 11.4. The van der Waals surface area contributed by atoms with Crippen molar-refractivity contribution in [3.63, 3.8) is 0 Å². The van der Waals surface area contributed by atoms with E-state index < -0.39 is 0 Å². The first-order valence-corrected chi connectivity index (χ1v) is 6.29. The number of benzene rings is 1. The zero-order chi connectivity index (χ0) is 11.2. The largest absolute Gasteiger partial charge is 0.299 e. The summed E-state index contributed by atoms with van der Waals surface area (Å²) in [7, 11) is 0. The van der Waals surface area contributed by atoms with Crippen LogP contribution in [0.4, 0.5) is 0 Å². The average molecular weight is 215 g/mol. The molecule has 0 saturated carbocycles. The first-order valence-electron chi connectivity index (χ1n) is 6.29. The molecule has 0 aliphatic carbocycles. The Morgan fingerprint density at radius 2 is 1.88 bits per heavy atom. The van der Waals surface area contributed by atoms with E-state index in [1.165, 1.54) is 31.5 Å². The molecule has 1 aliphatic heterocycles. The second kappa shape index (κ2) is 5.86. The monoisotopic (exact) mass is 215 g/mol. The quantitative estimate of drug-likeness (QED) is 0.697. The molecule has 0 unspecified atom stereocenters. The molecule has 0 spiro atoms. The van der Waals surface area contributed by atoms with E-state index in [1.54, 1.807) is 5.57 Å². The normalized spacial score (nSPS) is 17.9. The molecule has 1 heteroatoms. The molecular weight excluding hydrogens is 194 g/mol. The number of hydrogen-bond acceptors (Lipinski definition) is 1. The van der Waals surface area contributed by atoms with Crippen molar-refractivity contribution in [1.29, 1.82) is 0 Å². The van der Waals surface area contributed by atoms with Crippen LogP contribution in [0.2, 0.25) is 0 Å². The highest BCUT2D eigenvalue weighted by Gasteiger charge is 2.12. The topological polar surface area (TPSA) is 3.24 Å². The summed E-state index contributed by atoms with van der Waals surface area (Å²) in [5, 5.41) is 0. The van der Waals surface area contributed by atoms with Crippen LogP contribution < -0.4 is 0 Å². The van der Waals surface area contributed by atoms with Gasteiger partial charge in [0.1, 0.15) is 0 Å². The third-order valence-corrected chi connectivity index (χ3v) is 3.31. The summed E-state index contributed by atoms with van der Waals surface area (Å²) in [6, 6.07) is 10.8. The van der Waals surface area contributed by atoms with Crippen molar-refractivity contribution in [3.8, 4) is 0 Å². The minimum Gasteiger partial charge on any atom is -0.299 e. The lowest BCUT2D eigenvalue weighted by Crippen LogP contribution is -2.22. The van der Waals surface area contributed by atoms with Gasteiger partial charge in [-0.3, -0.25) is 4.90 Å². The van der Waals surface area contributed by atoms with Crippen LogP contribution in [-0.4, -0.2) is 24.5 Å². The van der Waals surface area contributed by atoms with Crippen molar-refractivity contribution in [2.24, 2.45) is 0 Å². The van der Waals surface area contributed by atoms with Crippen molar-refractivity contribution >= 4 is 0 Å². The Kier molecular flexibility index (Phi) is 4.17. The van der Waals surface area contributed by atoms with Gasteiger partial charge in [0.05, 0.1) is 0 Å². The van der Waals surface area contributed by atoms with Crippen molar-refractivity contribution in [2.45, 2.75) is 26.2 Å². The fraction of sp³-hybridized carbons (Fsp3) is 0.467. The molecule has 1 nitrogen and oxygen atoms in total. The van der Waals surface area contributed by atoms with Crippen LogP contribution in [0.25, 0.3) is 0 Å². The van der Waals surface area contributed by atoms with E-state index in [9.17, 15) is 0 Å². The maximum absolute atomic E-state index is 2.57. The van der Waals surface area contributed by atoms with E-state index >= 15 is 0 Å². The van der Waals surface area contributed by atoms with E-state index in [1.807, 2.05) is 0 Å². The van der Waals surface area contributed by atoms with Crippen LogP contribution >= 0.6 is 0 Å². The Balaban J connectivity index is 1.91. The average Bonchev–Trinajstić information content (AvgIpc) is 2.82. The summed E-state index contributed by atoms with van der Waals surface area (Å²) in [4.78, 5) is 2.57. The molecule has 1 aromatic rings. The van der Waals surface area contributed by atoms with E-state index in [0.29, 0.717) is 0 Å². The highest BCUT2D eigenvalue weighted by Crippen LogP contribution is 2.13.